The lowest BCUT2D eigenvalue weighted by Gasteiger charge is -2.35. The van der Waals surface area contributed by atoms with Crippen molar-refractivity contribution in [2.45, 2.75) is 32.6 Å². The van der Waals surface area contributed by atoms with Gasteiger partial charge in [-0.05, 0) is 31.5 Å². The molecule has 2 rings (SSSR count). The highest BCUT2D eigenvalue weighted by Crippen LogP contribution is 2.15. The molecule has 2 unspecified atom stereocenters. The van der Waals surface area contributed by atoms with E-state index in [9.17, 15) is 9.59 Å². The van der Waals surface area contributed by atoms with Crippen LogP contribution in [0.5, 0.6) is 0 Å². The highest BCUT2D eigenvalue weighted by molar-refractivity contribution is 5.94. The zero-order valence-corrected chi connectivity index (χ0v) is 17.0. The number of amides is 2. The second kappa shape index (κ2) is 11.9. The van der Waals surface area contributed by atoms with Crippen molar-refractivity contribution < 1.29 is 19.1 Å². The molecule has 0 bridgehead atoms. The molecule has 152 valence electrons. The standard InChI is InChI=1S/C19H29N3O4.ClH/c1-14-12-22(13-15(2)26-14)19(24)17-6-4-16(5-7-17)10-21-18(23)11-20-8-9-25-3;/h4-7,14-15,20H,8-13H2,1-3H3,(H,21,23);1H. The molecule has 0 aliphatic carbocycles. The van der Waals surface area contributed by atoms with Crippen LogP contribution in [0.3, 0.4) is 0 Å². The number of nitrogens with one attached hydrogen (secondary N) is 2. The Morgan fingerprint density at radius 2 is 1.81 bits per heavy atom. The lowest BCUT2D eigenvalue weighted by Crippen LogP contribution is -2.48. The maximum absolute atomic E-state index is 12.6. The van der Waals surface area contributed by atoms with Crippen LogP contribution in [-0.2, 0) is 20.8 Å². The van der Waals surface area contributed by atoms with Gasteiger partial charge < -0.3 is 25.0 Å². The number of nitrogens with zero attached hydrogens (tertiary/aromatic N) is 1. The third-order valence-corrected chi connectivity index (χ3v) is 4.17. The lowest BCUT2D eigenvalue weighted by molar-refractivity contribution is -0.120. The van der Waals surface area contributed by atoms with Crippen LogP contribution >= 0.6 is 12.4 Å². The van der Waals surface area contributed by atoms with Gasteiger partial charge >= 0.3 is 0 Å². The molecule has 0 radical (unpaired) electrons. The predicted molar refractivity (Wildman–Crippen MR) is 106 cm³/mol. The lowest BCUT2D eigenvalue weighted by atomic mass is 10.1. The number of halogens is 1. The molecule has 8 heteroatoms. The van der Waals surface area contributed by atoms with Crippen molar-refractivity contribution in [2.75, 3.05) is 39.9 Å². The second-order valence-electron chi connectivity index (χ2n) is 6.61. The average molecular weight is 400 g/mol. The van der Waals surface area contributed by atoms with Gasteiger partial charge in [-0.3, -0.25) is 9.59 Å². The largest absolute Gasteiger partial charge is 0.383 e. The van der Waals surface area contributed by atoms with E-state index in [2.05, 4.69) is 10.6 Å². The number of ether oxygens (including phenoxy) is 2. The number of rotatable bonds is 8. The minimum absolute atomic E-state index is 0. The normalized spacial score (nSPS) is 19.3. The number of carbonyl (C=O) groups is 2. The van der Waals surface area contributed by atoms with Crippen LogP contribution < -0.4 is 10.6 Å². The predicted octanol–water partition coefficient (Wildman–Crippen LogP) is 1.21. The van der Waals surface area contributed by atoms with Gasteiger partial charge in [-0.1, -0.05) is 12.1 Å². The van der Waals surface area contributed by atoms with E-state index in [1.165, 1.54) is 0 Å². The van der Waals surface area contributed by atoms with E-state index < -0.39 is 0 Å². The van der Waals surface area contributed by atoms with Gasteiger partial charge in [0.2, 0.25) is 5.91 Å². The van der Waals surface area contributed by atoms with Crippen LogP contribution in [0.25, 0.3) is 0 Å². The van der Waals surface area contributed by atoms with Crippen molar-refractivity contribution in [3.63, 3.8) is 0 Å². The number of hydrogen-bond acceptors (Lipinski definition) is 5. The highest BCUT2D eigenvalue weighted by atomic mass is 35.5. The van der Waals surface area contributed by atoms with Crippen LogP contribution in [0.1, 0.15) is 29.8 Å². The van der Waals surface area contributed by atoms with Gasteiger partial charge in [0.15, 0.2) is 0 Å². The fourth-order valence-corrected chi connectivity index (χ4v) is 2.93. The molecular formula is C19H30ClN3O4. The van der Waals surface area contributed by atoms with E-state index in [1.54, 1.807) is 7.11 Å². The smallest absolute Gasteiger partial charge is 0.254 e. The van der Waals surface area contributed by atoms with Crippen molar-refractivity contribution in [1.29, 1.82) is 0 Å². The molecule has 7 nitrogen and oxygen atoms in total. The molecule has 1 heterocycles. The summed E-state index contributed by atoms with van der Waals surface area (Å²) in [5.41, 5.74) is 1.61. The molecule has 0 aromatic heterocycles. The number of hydrogen-bond donors (Lipinski definition) is 2. The van der Waals surface area contributed by atoms with Crippen LogP contribution in [0, 0.1) is 0 Å². The summed E-state index contributed by atoms with van der Waals surface area (Å²) in [5.74, 6) is -0.0533. The summed E-state index contributed by atoms with van der Waals surface area (Å²) in [6.07, 6.45) is 0.101. The third kappa shape index (κ3) is 7.84. The molecule has 2 atom stereocenters. The molecule has 2 N–H and O–H groups in total. The van der Waals surface area contributed by atoms with Gasteiger partial charge in [-0.25, -0.2) is 0 Å². The minimum Gasteiger partial charge on any atom is -0.383 e. The maximum atomic E-state index is 12.6. The van der Waals surface area contributed by atoms with Crippen molar-refractivity contribution in [3.8, 4) is 0 Å². The third-order valence-electron chi connectivity index (χ3n) is 4.17. The molecule has 27 heavy (non-hydrogen) atoms. The van der Waals surface area contributed by atoms with Gasteiger partial charge in [-0.2, -0.15) is 0 Å². The quantitative estimate of drug-likeness (QED) is 0.642. The number of morpholine rings is 1. The fraction of sp³-hybridized carbons (Fsp3) is 0.579. The maximum Gasteiger partial charge on any atom is 0.254 e. The first-order chi connectivity index (χ1) is 12.5. The first-order valence-electron chi connectivity index (χ1n) is 8.99. The molecule has 1 aromatic rings. The summed E-state index contributed by atoms with van der Waals surface area (Å²) in [6.45, 7) is 7.08. The fourth-order valence-electron chi connectivity index (χ4n) is 2.93. The van der Waals surface area contributed by atoms with Crippen LogP contribution in [-0.4, -0.2) is 68.8 Å². The molecule has 1 aliphatic rings. The Labute approximate surface area is 167 Å². The topological polar surface area (TPSA) is 79.9 Å². The van der Waals surface area contributed by atoms with E-state index in [0.717, 1.165) is 5.56 Å². The zero-order chi connectivity index (χ0) is 18.9. The van der Waals surface area contributed by atoms with Gasteiger partial charge in [-0.15, -0.1) is 12.4 Å². The highest BCUT2D eigenvalue weighted by Gasteiger charge is 2.26. The van der Waals surface area contributed by atoms with Crippen molar-refractivity contribution >= 4 is 24.2 Å². The Morgan fingerprint density at radius 1 is 1.19 bits per heavy atom. The molecule has 2 amide bonds. The molecule has 0 saturated carbocycles. The van der Waals surface area contributed by atoms with Crippen LogP contribution in [0.2, 0.25) is 0 Å². The van der Waals surface area contributed by atoms with Crippen LogP contribution in [0.4, 0.5) is 0 Å². The summed E-state index contributed by atoms with van der Waals surface area (Å²) in [5, 5.41) is 5.84. The Hall–Kier alpha value is -1.67. The molecule has 0 spiro atoms. The summed E-state index contributed by atoms with van der Waals surface area (Å²) < 4.78 is 10.6. The SMILES string of the molecule is COCCNCC(=O)NCc1ccc(C(=O)N2CC(C)OC(C)C2)cc1.Cl. The Morgan fingerprint density at radius 3 is 2.41 bits per heavy atom. The van der Waals surface area contributed by atoms with Gasteiger partial charge in [0.1, 0.15) is 0 Å². The van der Waals surface area contributed by atoms with Gasteiger partial charge in [0, 0.05) is 38.9 Å². The Balaban J connectivity index is 0.00000364. The van der Waals surface area contributed by atoms with E-state index >= 15 is 0 Å². The van der Waals surface area contributed by atoms with E-state index in [4.69, 9.17) is 9.47 Å². The van der Waals surface area contributed by atoms with Gasteiger partial charge in [0.05, 0.1) is 25.4 Å². The summed E-state index contributed by atoms with van der Waals surface area (Å²) in [7, 11) is 1.62. The first kappa shape index (κ1) is 23.4. The first-order valence-corrected chi connectivity index (χ1v) is 8.99. The van der Waals surface area contributed by atoms with E-state index in [-0.39, 0.29) is 43.0 Å². The van der Waals surface area contributed by atoms with Gasteiger partial charge in [0.25, 0.3) is 5.91 Å². The second-order valence-corrected chi connectivity index (χ2v) is 6.61. The summed E-state index contributed by atoms with van der Waals surface area (Å²) in [6, 6.07) is 7.37. The van der Waals surface area contributed by atoms with Crippen molar-refractivity contribution in [3.05, 3.63) is 35.4 Å². The monoisotopic (exact) mass is 399 g/mol. The Kier molecular flexibility index (Phi) is 10.3. The molecule has 1 saturated heterocycles. The average Bonchev–Trinajstić information content (AvgIpc) is 2.62. The van der Waals surface area contributed by atoms with Crippen molar-refractivity contribution in [2.24, 2.45) is 0 Å². The molecule has 1 aliphatic heterocycles. The number of carbonyl (C=O) groups excluding carboxylic acids is 2. The molecular weight excluding hydrogens is 370 g/mol. The minimum atomic E-state index is -0.0717. The van der Waals surface area contributed by atoms with Crippen molar-refractivity contribution in [1.82, 2.24) is 15.5 Å². The van der Waals surface area contributed by atoms with Crippen LogP contribution in [0.15, 0.2) is 24.3 Å². The zero-order valence-electron chi connectivity index (χ0n) is 16.2. The number of methoxy groups -OCH3 is 1. The Bertz CT molecular complexity index is 587. The van der Waals surface area contributed by atoms with E-state index in [0.29, 0.717) is 38.3 Å². The molecule has 1 aromatic carbocycles. The summed E-state index contributed by atoms with van der Waals surface area (Å²) in [4.78, 5) is 26.2. The molecule has 1 fully saturated rings. The summed E-state index contributed by atoms with van der Waals surface area (Å²) >= 11 is 0. The van der Waals surface area contributed by atoms with E-state index in [1.807, 2.05) is 43.0 Å². The number of benzene rings is 1.